The van der Waals surface area contributed by atoms with E-state index in [1.807, 2.05) is 0 Å². The minimum absolute atomic E-state index is 0.121. The molecule has 37 heavy (non-hydrogen) atoms. The summed E-state index contributed by atoms with van der Waals surface area (Å²) in [6, 6.07) is 9.75. The van der Waals surface area contributed by atoms with Crippen molar-refractivity contribution in [2.24, 2.45) is 29.6 Å². The summed E-state index contributed by atoms with van der Waals surface area (Å²) in [5, 5.41) is 0. The molecule has 0 bridgehead atoms. The van der Waals surface area contributed by atoms with E-state index in [2.05, 4.69) is 31.2 Å². The van der Waals surface area contributed by atoms with E-state index in [1.54, 1.807) is 5.56 Å². The first-order valence-electron chi connectivity index (χ1n) is 16.9. The number of alkyl halides is 1. The smallest absolute Gasteiger partial charge is 0.0894 e. The second-order valence-electron chi connectivity index (χ2n) is 13.6. The summed E-state index contributed by atoms with van der Waals surface area (Å²) in [6.07, 6.45) is 30.6. The maximum absolute atomic E-state index is 12.3. The van der Waals surface area contributed by atoms with E-state index in [-0.39, 0.29) is 6.67 Å². The summed E-state index contributed by atoms with van der Waals surface area (Å²) < 4.78 is 12.3. The number of hydrogen-bond acceptors (Lipinski definition) is 0. The Morgan fingerprint density at radius 2 is 1.11 bits per heavy atom. The molecule has 0 saturated heterocycles. The van der Waals surface area contributed by atoms with Gasteiger partial charge in [0.2, 0.25) is 0 Å². The van der Waals surface area contributed by atoms with Crippen molar-refractivity contribution >= 4 is 0 Å². The summed E-state index contributed by atoms with van der Waals surface area (Å²) in [5.74, 6) is 5.87. The van der Waals surface area contributed by atoms with Gasteiger partial charge in [-0.1, -0.05) is 115 Å². The van der Waals surface area contributed by atoms with Gasteiger partial charge in [0.25, 0.3) is 0 Å². The van der Waals surface area contributed by atoms with E-state index in [4.69, 9.17) is 0 Å². The minimum atomic E-state index is -0.121. The van der Waals surface area contributed by atoms with Crippen molar-refractivity contribution in [1.82, 2.24) is 0 Å². The largest absolute Gasteiger partial charge is 0.251 e. The van der Waals surface area contributed by atoms with Gasteiger partial charge in [-0.25, -0.2) is 0 Å². The first kappa shape index (κ1) is 29.1. The van der Waals surface area contributed by atoms with E-state index < -0.39 is 0 Å². The van der Waals surface area contributed by atoms with Crippen molar-refractivity contribution in [3.8, 4) is 0 Å². The first-order valence-corrected chi connectivity index (χ1v) is 16.9. The van der Waals surface area contributed by atoms with Crippen molar-refractivity contribution in [3.63, 3.8) is 0 Å². The van der Waals surface area contributed by atoms with E-state index in [1.165, 1.54) is 134 Å². The molecule has 3 aliphatic carbocycles. The van der Waals surface area contributed by atoms with Crippen LogP contribution >= 0.6 is 0 Å². The number of halogens is 1. The zero-order chi connectivity index (χ0) is 25.7. The van der Waals surface area contributed by atoms with Gasteiger partial charge in [-0.2, -0.15) is 0 Å². The standard InChI is InChI=1S/C36H59F/c1-2-3-5-8-30-16-20-33(21-17-30)35-24-26-36(27-25-35)34-22-18-32(19-23-34)15-14-31-12-10-29(11-13-31)9-6-4-7-28-37/h16-17,20-21,29,31-32,34-36H,2-15,18-19,22-28H2,1H3/t29-,31-,32-,34-,35-,36-. The molecule has 0 spiro atoms. The van der Waals surface area contributed by atoms with Crippen LogP contribution in [0.2, 0.25) is 0 Å². The molecule has 0 aliphatic heterocycles. The fourth-order valence-electron chi connectivity index (χ4n) is 8.39. The van der Waals surface area contributed by atoms with Crippen LogP contribution in [-0.2, 0) is 6.42 Å². The van der Waals surface area contributed by atoms with E-state index in [0.29, 0.717) is 0 Å². The van der Waals surface area contributed by atoms with E-state index >= 15 is 0 Å². The maximum atomic E-state index is 12.3. The molecule has 210 valence electrons. The SMILES string of the molecule is CCCCCc1ccc([C@H]2CC[C@H]([C@H]3CC[C@H](CC[C@H]4CC[C@H](CCCCCF)CC4)CC3)CC2)cc1. The van der Waals surface area contributed by atoms with Gasteiger partial charge in [0, 0.05) is 0 Å². The summed E-state index contributed by atoms with van der Waals surface area (Å²) in [7, 11) is 0. The molecular formula is C36H59F. The lowest BCUT2D eigenvalue weighted by Crippen LogP contribution is -2.25. The predicted molar refractivity (Wildman–Crippen MR) is 159 cm³/mol. The fraction of sp³-hybridized carbons (Fsp3) is 0.833. The molecule has 3 aliphatic rings. The number of aryl methyl sites for hydroxylation is 1. The highest BCUT2D eigenvalue weighted by Crippen LogP contribution is 2.45. The average molecular weight is 511 g/mol. The molecule has 0 heterocycles. The normalized spacial score (nSPS) is 30.9. The summed E-state index contributed by atoms with van der Waals surface area (Å²) in [5.41, 5.74) is 3.16. The Hall–Kier alpha value is -0.850. The lowest BCUT2D eigenvalue weighted by atomic mass is 9.67. The van der Waals surface area contributed by atoms with Crippen LogP contribution in [0.1, 0.15) is 159 Å². The molecule has 0 nitrogen and oxygen atoms in total. The summed E-state index contributed by atoms with van der Waals surface area (Å²) in [4.78, 5) is 0. The van der Waals surface area contributed by atoms with Crippen molar-refractivity contribution in [2.75, 3.05) is 6.67 Å². The first-order chi connectivity index (χ1) is 18.2. The Morgan fingerprint density at radius 3 is 1.68 bits per heavy atom. The Labute approximate surface area is 230 Å². The highest BCUT2D eigenvalue weighted by atomic mass is 19.1. The van der Waals surface area contributed by atoms with Crippen molar-refractivity contribution in [2.45, 2.75) is 154 Å². The third-order valence-corrected chi connectivity index (χ3v) is 11.0. The number of benzene rings is 1. The Bertz CT molecular complexity index is 699. The number of unbranched alkanes of at least 4 members (excludes halogenated alkanes) is 4. The highest BCUT2D eigenvalue weighted by Gasteiger charge is 2.31. The van der Waals surface area contributed by atoms with Crippen LogP contribution in [0.4, 0.5) is 4.39 Å². The molecule has 0 amide bonds. The van der Waals surface area contributed by atoms with Crippen LogP contribution in [0.25, 0.3) is 0 Å². The van der Waals surface area contributed by atoms with Gasteiger partial charge in [-0.05, 0) is 104 Å². The van der Waals surface area contributed by atoms with Crippen LogP contribution in [0.15, 0.2) is 24.3 Å². The third-order valence-electron chi connectivity index (χ3n) is 11.0. The van der Waals surface area contributed by atoms with Gasteiger partial charge < -0.3 is 0 Å². The van der Waals surface area contributed by atoms with Gasteiger partial charge in [-0.15, -0.1) is 0 Å². The van der Waals surface area contributed by atoms with Crippen molar-refractivity contribution in [3.05, 3.63) is 35.4 Å². The van der Waals surface area contributed by atoms with Crippen LogP contribution < -0.4 is 0 Å². The van der Waals surface area contributed by atoms with E-state index in [0.717, 1.165) is 48.3 Å². The fourth-order valence-corrected chi connectivity index (χ4v) is 8.39. The minimum Gasteiger partial charge on any atom is -0.251 e. The molecule has 3 saturated carbocycles. The second kappa shape index (κ2) is 16.3. The summed E-state index contributed by atoms with van der Waals surface area (Å²) >= 11 is 0. The second-order valence-corrected chi connectivity index (χ2v) is 13.6. The van der Waals surface area contributed by atoms with Gasteiger partial charge in [0.15, 0.2) is 0 Å². The van der Waals surface area contributed by atoms with Gasteiger partial charge in [0.1, 0.15) is 0 Å². The molecule has 0 N–H and O–H groups in total. The Kier molecular flexibility index (Phi) is 12.8. The van der Waals surface area contributed by atoms with Crippen LogP contribution in [0.3, 0.4) is 0 Å². The monoisotopic (exact) mass is 510 g/mol. The molecule has 4 rings (SSSR count). The molecule has 1 heteroatoms. The molecule has 0 unspecified atom stereocenters. The topological polar surface area (TPSA) is 0 Å². The quantitative estimate of drug-likeness (QED) is 0.218. The summed E-state index contributed by atoms with van der Waals surface area (Å²) in [6.45, 7) is 2.17. The Balaban J connectivity index is 1.07. The van der Waals surface area contributed by atoms with Crippen LogP contribution in [-0.4, -0.2) is 6.67 Å². The van der Waals surface area contributed by atoms with Gasteiger partial charge >= 0.3 is 0 Å². The highest BCUT2D eigenvalue weighted by molar-refractivity contribution is 5.26. The molecule has 0 radical (unpaired) electrons. The van der Waals surface area contributed by atoms with E-state index in [9.17, 15) is 4.39 Å². The Morgan fingerprint density at radius 1 is 0.568 bits per heavy atom. The molecule has 3 fully saturated rings. The van der Waals surface area contributed by atoms with Gasteiger partial charge in [0.05, 0.1) is 6.67 Å². The van der Waals surface area contributed by atoms with Crippen LogP contribution in [0.5, 0.6) is 0 Å². The zero-order valence-corrected chi connectivity index (χ0v) is 24.4. The number of hydrogen-bond donors (Lipinski definition) is 0. The third kappa shape index (κ3) is 9.69. The molecule has 0 atom stereocenters. The van der Waals surface area contributed by atoms with Crippen LogP contribution in [0, 0.1) is 29.6 Å². The zero-order valence-electron chi connectivity index (χ0n) is 24.4. The molecule has 0 aromatic heterocycles. The van der Waals surface area contributed by atoms with Gasteiger partial charge in [-0.3, -0.25) is 4.39 Å². The maximum Gasteiger partial charge on any atom is 0.0894 e. The predicted octanol–water partition coefficient (Wildman–Crippen LogP) is 11.6. The molecule has 1 aromatic rings. The molecular weight excluding hydrogens is 451 g/mol. The lowest BCUT2D eigenvalue weighted by molar-refractivity contribution is 0.149. The lowest BCUT2D eigenvalue weighted by Gasteiger charge is -2.38. The molecule has 1 aromatic carbocycles. The average Bonchev–Trinajstić information content (AvgIpc) is 2.96. The number of rotatable bonds is 14. The van der Waals surface area contributed by atoms with Crippen molar-refractivity contribution in [1.29, 1.82) is 0 Å². The van der Waals surface area contributed by atoms with Crippen molar-refractivity contribution < 1.29 is 4.39 Å².